The van der Waals surface area contributed by atoms with Gasteiger partial charge in [0.05, 0.1) is 5.69 Å². The van der Waals surface area contributed by atoms with Crippen LogP contribution in [0.25, 0.3) is 10.6 Å². The van der Waals surface area contributed by atoms with Crippen molar-refractivity contribution in [3.63, 3.8) is 0 Å². The summed E-state index contributed by atoms with van der Waals surface area (Å²) in [5.41, 5.74) is 2.84. The third-order valence-electron chi connectivity index (χ3n) is 2.59. The third-order valence-corrected chi connectivity index (χ3v) is 3.54. The number of aliphatic hydroxyl groups is 1. The van der Waals surface area contributed by atoms with Crippen LogP contribution in [0.5, 0.6) is 0 Å². The molecular weight excluding hydrogens is 260 g/mol. The van der Waals surface area contributed by atoms with Gasteiger partial charge >= 0.3 is 0 Å². The van der Waals surface area contributed by atoms with Gasteiger partial charge in [0.2, 0.25) is 5.91 Å². The number of aryl methyl sites for hydroxylation is 1. The van der Waals surface area contributed by atoms with Crippen LogP contribution in [0.2, 0.25) is 0 Å². The summed E-state index contributed by atoms with van der Waals surface area (Å²) in [5.74, 6) is -0.0757. The number of hydrogen-bond acceptors (Lipinski definition) is 4. The minimum absolute atomic E-state index is 0.0757. The fourth-order valence-electron chi connectivity index (χ4n) is 1.71. The Kier molecular flexibility index (Phi) is 4.65. The number of aliphatic hydroxyl groups excluding tert-OH is 1. The molecular formula is C14H16N2O2S. The van der Waals surface area contributed by atoms with Crippen LogP contribution in [0.15, 0.2) is 29.6 Å². The number of carbonyl (C=O) groups is 1. The summed E-state index contributed by atoms with van der Waals surface area (Å²) in [6, 6.07) is 7.62. The zero-order valence-corrected chi connectivity index (χ0v) is 11.5. The molecule has 0 saturated heterocycles. The summed E-state index contributed by atoms with van der Waals surface area (Å²) in [4.78, 5) is 15.5. The molecule has 2 N–H and O–H groups in total. The van der Waals surface area contributed by atoms with Gasteiger partial charge in [0.15, 0.2) is 0 Å². The standard InChI is InChI=1S/C14H16N2O2S/c1-10(18)15-12-6-4-11(5-7-12)14-16-13(9-19-14)3-2-8-17/h4-7,9,17H,2-3,8H2,1H3,(H,15,18). The molecule has 0 unspecified atom stereocenters. The largest absolute Gasteiger partial charge is 0.396 e. The van der Waals surface area contributed by atoms with E-state index in [1.54, 1.807) is 11.3 Å². The molecule has 0 bridgehead atoms. The molecule has 4 nitrogen and oxygen atoms in total. The van der Waals surface area contributed by atoms with Crippen LogP contribution in [-0.4, -0.2) is 22.6 Å². The van der Waals surface area contributed by atoms with E-state index >= 15 is 0 Å². The molecule has 1 heterocycles. The molecule has 0 fully saturated rings. The van der Waals surface area contributed by atoms with Crippen LogP contribution < -0.4 is 5.32 Å². The average Bonchev–Trinajstić information content (AvgIpc) is 2.85. The van der Waals surface area contributed by atoms with Gasteiger partial charge in [-0.05, 0) is 37.1 Å². The minimum atomic E-state index is -0.0757. The first-order valence-corrected chi connectivity index (χ1v) is 7.00. The van der Waals surface area contributed by atoms with Crippen molar-refractivity contribution < 1.29 is 9.90 Å². The zero-order chi connectivity index (χ0) is 13.7. The SMILES string of the molecule is CC(=O)Nc1ccc(-c2nc(CCCO)cs2)cc1. The van der Waals surface area contributed by atoms with Crippen LogP contribution in [0.3, 0.4) is 0 Å². The Morgan fingerprint density at radius 2 is 2.11 bits per heavy atom. The molecule has 19 heavy (non-hydrogen) atoms. The summed E-state index contributed by atoms with van der Waals surface area (Å²) >= 11 is 1.59. The monoisotopic (exact) mass is 276 g/mol. The highest BCUT2D eigenvalue weighted by Crippen LogP contribution is 2.25. The lowest BCUT2D eigenvalue weighted by Crippen LogP contribution is -2.05. The fourth-order valence-corrected chi connectivity index (χ4v) is 2.57. The summed E-state index contributed by atoms with van der Waals surface area (Å²) in [6.45, 7) is 1.68. The predicted molar refractivity (Wildman–Crippen MR) is 77.3 cm³/mol. The van der Waals surface area contributed by atoms with Gasteiger partial charge in [0.25, 0.3) is 0 Å². The quantitative estimate of drug-likeness (QED) is 0.882. The van der Waals surface area contributed by atoms with E-state index in [1.165, 1.54) is 6.92 Å². The lowest BCUT2D eigenvalue weighted by atomic mass is 10.2. The summed E-state index contributed by atoms with van der Waals surface area (Å²) in [6.07, 6.45) is 1.54. The van der Waals surface area contributed by atoms with E-state index < -0.39 is 0 Å². The van der Waals surface area contributed by atoms with Gasteiger partial charge in [-0.25, -0.2) is 4.98 Å². The first-order valence-electron chi connectivity index (χ1n) is 6.12. The number of carbonyl (C=O) groups excluding carboxylic acids is 1. The molecule has 0 aliphatic heterocycles. The highest BCUT2D eigenvalue weighted by atomic mass is 32.1. The number of amides is 1. The number of benzene rings is 1. The van der Waals surface area contributed by atoms with Crippen molar-refractivity contribution in [3.8, 4) is 10.6 Å². The predicted octanol–water partition coefficient (Wildman–Crippen LogP) is 2.69. The molecule has 2 rings (SSSR count). The van der Waals surface area contributed by atoms with E-state index in [9.17, 15) is 4.79 Å². The Morgan fingerprint density at radius 1 is 1.37 bits per heavy atom. The van der Waals surface area contributed by atoms with Crippen molar-refractivity contribution in [1.82, 2.24) is 4.98 Å². The Labute approximate surface area is 116 Å². The molecule has 5 heteroatoms. The molecule has 0 atom stereocenters. The fraction of sp³-hybridized carbons (Fsp3) is 0.286. The second-order valence-electron chi connectivity index (χ2n) is 4.23. The highest BCUT2D eigenvalue weighted by Gasteiger charge is 2.05. The molecule has 1 aromatic heterocycles. The Morgan fingerprint density at radius 3 is 2.74 bits per heavy atom. The molecule has 1 aromatic carbocycles. The molecule has 1 amide bonds. The first-order chi connectivity index (χ1) is 9.19. The van der Waals surface area contributed by atoms with E-state index in [0.717, 1.165) is 34.8 Å². The van der Waals surface area contributed by atoms with Crippen LogP contribution >= 0.6 is 11.3 Å². The van der Waals surface area contributed by atoms with Crippen molar-refractivity contribution in [2.24, 2.45) is 0 Å². The van der Waals surface area contributed by atoms with Crippen molar-refractivity contribution >= 4 is 22.9 Å². The highest BCUT2D eigenvalue weighted by molar-refractivity contribution is 7.13. The summed E-state index contributed by atoms with van der Waals surface area (Å²) < 4.78 is 0. The van der Waals surface area contributed by atoms with E-state index in [2.05, 4.69) is 10.3 Å². The second kappa shape index (κ2) is 6.45. The lowest BCUT2D eigenvalue weighted by Gasteiger charge is -2.02. The maximum atomic E-state index is 10.9. The first kappa shape index (κ1) is 13.7. The maximum absolute atomic E-state index is 10.9. The number of nitrogens with one attached hydrogen (secondary N) is 1. The van der Waals surface area contributed by atoms with E-state index in [1.807, 2.05) is 29.6 Å². The van der Waals surface area contributed by atoms with Crippen molar-refractivity contribution in [3.05, 3.63) is 35.3 Å². The number of hydrogen-bond donors (Lipinski definition) is 2. The number of aromatic nitrogens is 1. The second-order valence-corrected chi connectivity index (χ2v) is 5.09. The molecule has 0 radical (unpaired) electrons. The topological polar surface area (TPSA) is 62.2 Å². The Bertz CT molecular complexity index is 549. The number of rotatable bonds is 5. The minimum Gasteiger partial charge on any atom is -0.396 e. The molecule has 0 saturated carbocycles. The number of anilines is 1. The Balaban J connectivity index is 2.09. The number of nitrogens with zero attached hydrogens (tertiary/aromatic N) is 1. The van der Waals surface area contributed by atoms with Crippen LogP contribution in [0.4, 0.5) is 5.69 Å². The van der Waals surface area contributed by atoms with Gasteiger partial charge in [0, 0.05) is 30.2 Å². The van der Waals surface area contributed by atoms with Gasteiger partial charge < -0.3 is 10.4 Å². The summed E-state index contributed by atoms with van der Waals surface area (Å²) in [5, 5.41) is 14.5. The van der Waals surface area contributed by atoms with Gasteiger partial charge in [0.1, 0.15) is 5.01 Å². The van der Waals surface area contributed by atoms with Gasteiger partial charge in [-0.1, -0.05) is 0 Å². The van der Waals surface area contributed by atoms with Crippen molar-refractivity contribution in [2.45, 2.75) is 19.8 Å². The van der Waals surface area contributed by atoms with Gasteiger partial charge in [-0.2, -0.15) is 0 Å². The molecule has 0 aliphatic rings. The van der Waals surface area contributed by atoms with Gasteiger partial charge in [-0.3, -0.25) is 4.79 Å². The Hall–Kier alpha value is -1.72. The van der Waals surface area contributed by atoms with E-state index in [0.29, 0.717) is 0 Å². The van der Waals surface area contributed by atoms with E-state index in [-0.39, 0.29) is 12.5 Å². The third kappa shape index (κ3) is 3.87. The van der Waals surface area contributed by atoms with Crippen LogP contribution in [0, 0.1) is 0 Å². The average molecular weight is 276 g/mol. The zero-order valence-electron chi connectivity index (χ0n) is 10.7. The summed E-state index contributed by atoms with van der Waals surface area (Å²) in [7, 11) is 0. The van der Waals surface area contributed by atoms with Crippen LogP contribution in [0.1, 0.15) is 19.0 Å². The van der Waals surface area contributed by atoms with E-state index in [4.69, 9.17) is 5.11 Å². The van der Waals surface area contributed by atoms with Crippen molar-refractivity contribution in [1.29, 1.82) is 0 Å². The lowest BCUT2D eigenvalue weighted by molar-refractivity contribution is -0.114. The smallest absolute Gasteiger partial charge is 0.221 e. The molecule has 100 valence electrons. The molecule has 2 aromatic rings. The maximum Gasteiger partial charge on any atom is 0.221 e. The van der Waals surface area contributed by atoms with Crippen LogP contribution in [-0.2, 0) is 11.2 Å². The van der Waals surface area contributed by atoms with Crippen molar-refractivity contribution in [2.75, 3.05) is 11.9 Å². The van der Waals surface area contributed by atoms with Gasteiger partial charge in [-0.15, -0.1) is 11.3 Å². The molecule has 0 aliphatic carbocycles. The molecule has 0 spiro atoms. The normalized spacial score (nSPS) is 10.4. The number of thiazole rings is 1.